The number of anilines is 1. The maximum Gasteiger partial charge on any atom is 0.0469 e. The second-order valence-electron chi connectivity index (χ2n) is 5.41. The van der Waals surface area contributed by atoms with Gasteiger partial charge in [0.05, 0.1) is 0 Å². The van der Waals surface area contributed by atoms with Crippen molar-refractivity contribution < 1.29 is 0 Å². The van der Waals surface area contributed by atoms with Crippen LogP contribution in [0, 0.1) is 13.8 Å². The highest BCUT2D eigenvalue weighted by Gasteiger charge is 1.99. The number of benzene rings is 2. The molecule has 2 aromatic carbocycles. The van der Waals surface area contributed by atoms with Crippen LogP contribution in [-0.4, -0.2) is 4.57 Å². The molecule has 1 N–H and O–H groups in total. The van der Waals surface area contributed by atoms with Gasteiger partial charge in [-0.3, -0.25) is 0 Å². The zero-order valence-electron chi connectivity index (χ0n) is 12.5. The van der Waals surface area contributed by atoms with Gasteiger partial charge in [0, 0.05) is 30.3 Å². The van der Waals surface area contributed by atoms with Crippen LogP contribution in [0.3, 0.4) is 0 Å². The molecule has 0 bridgehead atoms. The minimum absolute atomic E-state index is 0.844. The van der Waals surface area contributed by atoms with E-state index in [0.717, 1.165) is 12.2 Å². The third kappa shape index (κ3) is 3.16. The van der Waals surface area contributed by atoms with Gasteiger partial charge in [0.25, 0.3) is 0 Å². The number of hydrogen-bond donors (Lipinski definition) is 1. The normalized spacial score (nSPS) is 10.6. The fourth-order valence-corrected chi connectivity index (χ4v) is 2.40. The van der Waals surface area contributed by atoms with Gasteiger partial charge in [0.1, 0.15) is 0 Å². The first-order valence-electron chi connectivity index (χ1n) is 7.26. The molecule has 0 spiro atoms. The van der Waals surface area contributed by atoms with E-state index in [4.69, 9.17) is 0 Å². The van der Waals surface area contributed by atoms with Crippen molar-refractivity contribution in [2.24, 2.45) is 0 Å². The summed E-state index contributed by atoms with van der Waals surface area (Å²) in [5, 5.41) is 3.50. The summed E-state index contributed by atoms with van der Waals surface area (Å²) in [5.74, 6) is 0. The number of nitrogens with one attached hydrogen (secondary N) is 1. The van der Waals surface area contributed by atoms with Crippen molar-refractivity contribution in [2.75, 3.05) is 5.32 Å². The van der Waals surface area contributed by atoms with E-state index >= 15 is 0 Å². The molecule has 0 saturated heterocycles. The Hall–Kier alpha value is -2.48. The minimum Gasteiger partial charge on any atom is -0.381 e. The topological polar surface area (TPSA) is 17.0 Å². The van der Waals surface area contributed by atoms with Gasteiger partial charge >= 0.3 is 0 Å². The van der Waals surface area contributed by atoms with E-state index in [1.807, 2.05) is 12.1 Å². The molecule has 0 amide bonds. The summed E-state index contributed by atoms with van der Waals surface area (Å²) in [5.41, 5.74) is 6.30. The molecule has 3 aromatic rings. The Kier molecular flexibility index (Phi) is 3.78. The zero-order valence-corrected chi connectivity index (χ0v) is 12.5. The SMILES string of the molecule is Cc1ccc(CNc2cccc(-n3cccc3)c2)cc1C. The van der Waals surface area contributed by atoms with Crippen molar-refractivity contribution >= 4 is 5.69 Å². The molecule has 0 saturated carbocycles. The van der Waals surface area contributed by atoms with Gasteiger partial charge in [-0.25, -0.2) is 0 Å². The first-order chi connectivity index (χ1) is 10.2. The molecule has 2 heteroatoms. The fourth-order valence-electron chi connectivity index (χ4n) is 2.40. The van der Waals surface area contributed by atoms with E-state index in [0.29, 0.717) is 0 Å². The number of rotatable bonds is 4. The Morgan fingerprint density at radius 1 is 0.857 bits per heavy atom. The molecule has 106 valence electrons. The van der Waals surface area contributed by atoms with E-state index in [1.54, 1.807) is 0 Å². The van der Waals surface area contributed by atoms with Crippen LogP contribution in [0.5, 0.6) is 0 Å². The Balaban J connectivity index is 1.73. The smallest absolute Gasteiger partial charge is 0.0469 e. The maximum absolute atomic E-state index is 3.50. The summed E-state index contributed by atoms with van der Waals surface area (Å²) < 4.78 is 2.11. The minimum atomic E-state index is 0.844. The molecule has 1 aromatic heterocycles. The second kappa shape index (κ2) is 5.88. The highest BCUT2D eigenvalue weighted by Crippen LogP contribution is 2.16. The quantitative estimate of drug-likeness (QED) is 0.730. The van der Waals surface area contributed by atoms with Crippen LogP contribution in [0.2, 0.25) is 0 Å². The van der Waals surface area contributed by atoms with Crippen molar-refractivity contribution in [2.45, 2.75) is 20.4 Å². The van der Waals surface area contributed by atoms with Gasteiger partial charge < -0.3 is 9.88 Å². The first kappa shape index (κ1) is 13.5. The van der Waals surface area contributed by atoms with Crippen LogP contribution in [0.25, 0.3) is 5.69 Å². The molecule has 21 heavy (non-hydrogen) atoms. The van der Waals surface area contributed by atoms with Gasteiger partial charge in [-0.1, -0.05) is 24.3 Å². The fraction of sp³-hybridized carbons (Fsp3) is 0.158. The summed E-state index contributed by atoms with van der Waals surface area (Å²) in [6, 6.07) is 19.2. The Morgan fingerprint density at radius 3 is 2.43 bits per heavy atom. The first-order valence-corrected chi connectivity index (χ1v) is 7.26. The summed E-state index contributed by atoms with van der Waals surface area (Å²) in [4.78, 5) is 0. The molecule has 0 radical (unpaired) electrons. The lowest BCUT2D eigenvalue weighted by Crippen LogP contribution is -2.01. The Bertz CT molecular complexity index is 727. The lowest BCUT2D eigenvalue weighted by molar-refractivity contribution is 1.07. The van der Waals surface area contributed by atoms with Gasteiger partial charge in [-0.2, -0.15) is 0 Å². The molecular formula is C19H20N2. The van der Waals surface area contributed by atoms with Crippen LogP contribution in [-0.2, 0) is 6.54 Å². The highest BCUT2D eigenvalue weighted by molar-refractivity contribution is 5.51. The van der Waals surface area contributed by atoms with Gasteiger partial charge in [0.2, 0.25) is 0 Å². The summed E-state index contributed by atoms with van der Waals surface area (Å²) in [7, 11) is 0. The highest BCUT2D eigenvalue weighted by atomic mass is 14.9. The Labute approximate surface area is 126 Å². The summed E-state index contributed by atoms with van der Waals surface area (Å²) in [6.45, 7) is 5.15. The average molecular weight is 276 g/mol. The zero-order chi connectivity index (χ0) is 14.7. The molecule has 0 atom stereocenters. The van der Waals surface area contributed by atoms with Crippen LogP contribution in [0.4, 0.5) is 5.69 Å². The van der Waals surface area contributed by atoms with Crippen LogP contribution < -0.4 is 5.32 Å². The number of aromatic nitrogens is 1. The molecule has 0 fully saturated rings. The molecule has 0 aliphatic carbocycles. The van der Waals surface area contributed by atoms with Gasteiger partial charge in [0.15, 0.2) is 0 Å². The second-order valence-corrected chi connectivity index (χ2v) is 5.41. The van der Waals surface area contributed by atoms with Crippen molar-refractivity contribution in [1.29, 1.82) is 0 Å². The van der Waals surface area contributed by atoms with Crippen LogP contribution in [0.15, 0.2) is 67.0 Å². The van der Waals surface area contributed by atoms with Crippen molar-refractivity contribution in [3.8, 4) is 5.69 Å². The lowest BCUT2D eigenvalue weighted by Gasteiger charge is -2.10. The molecule has 0 aliphatic heterocycles. The molecule has 0 unspecified atom stereocenters. The van der Waals surface area contributed by atoms with E-state index < -0.39 is 0 Å². The molecular weight excluding hydrogens is 256 g/mol. The molecule has 2 nitrogen and oxygen atoms in total. The third-order valence-electron chi connectivity index (χ3n) is 3.82. The monoisotopic (exact) mass is 276 g/mol. The predicted octanol–water partition coefficient (Wildman–Crippen LogP) is 4.71. The summed E-state index contributed by atoms with van der Waals surface area (Å²) >= 11 is 0. The number of aryl methyl sites for hydroxylation is 2. The van der Waals surface area contributed by atoms with Crippen molar-refractivity contribution in [3.63, 3.8) is 0 Å². The summed E-state index contributed by atoms with van der Waals surface area (Å²) in [6.07, 6.45) is 4.12. The van der Waals surface area contributed by atoms with E-state index in [-0.39, 0.29) is 0 Å². The van der Waals surface area contributed by atoms with Gasteiger partial charge in [-0.15, -0.1) is 0 Å². The van der Waals surface area contributed by atoms with E-state index in [2.05, 4.69) is 78.6 Å². The van der Waals surface area contributed by atoms with Crippen molar-refractivity contribution in [1.82, 2.24) is 4.57 Å². The molecule has 0 aliphatic rings. The number of hydrogen-bond acceptors (Lipinski definition) is 1. The maximum atomic E-state index is 3.50. The van der Waals surface area contributed by atoms with Gasteiger partial charge in [-0.05, 0) is 60.9 Å². The third-order valence-corrected chi connectivity index (χ3v) is 3.82. The van der Waals surface area contributed by atoms with Crippen molar-refractivity contribution in [3.05, 3.63) is 83.7 Å². The van der Waals surface area contributed by atoms with Crippen LogP contribution in [0.1, 0.15) is 16.7 Å². The van der Waals surface area contributed by atoms with E-state index in [9.17, 15) is 0 Å². The molecule has 3 rings (SSSR count). The molecule has 1 heterocycles. The predicted molar refractivity (Wildman–Crippen MR) is 89.0 cm³/mol. The van der Waals surface area contributed by atoms with E-state index in [1.165, 1.54) is 22.4 Å². The average Bonchev–Trinajstić information content (AvgIpc) is 3.03. The number of nitrogens with zero attached hydrogens (tertiary/aromatic N) is 1. The van der Waals surface area contributed by atoms with Crippen LogP contribution >= 0.6 is 0 Å². The standard InChI is InChI=1S/C19H20N2/c1-15-8-9-17(12-16(15)2)14-20-18-6-5-7-19(13-18)21-10-3-4-11-21/h3-13,20H,14H2,1-2H3. The Morgan fingerprint density at radius 2 is 1.67 bits per heavy atom. The lowest BCUT2D eigenvalue weighted by atomic mass is 10.1. The largest absolute Gasteiger partial charge is 0.381 e.